The van der Waals surface area contributed by atoms with Gasteiger partial charge < -0.3 is 4.57 Å². The molecule has 0 fully saturated rings. The van der Waals surface area contributed by atoms with Crippen LogP contribution in [-0.4, -0.2) is 9.55 Å². The molecular formula is C25H23BrN2. The fourth-order valence-corrected chi connectivity index (χ4v) is 3.76. The lowest BCUT2D eigenvalue weighted by Crippen LogP contribution is -2.03. The Labute approximate surface area is 175 Å². The third-order valence-corrected chi connectivity index (χ3v) is 5.43. The Hall–Kier alpha value is -2.65. The Bertz CT molecular complexity index is 1040. The van der Waals surface area contributed by atoms with Crippen LogP contribution in [0.4, 0.5) is 0 Å². The maximum Gasteiger partial charge on any atom is 0.141 e. The van der Waals surface area contributed by atoms with Crippen molar-refractivity contribution in [1.82, 2.24) is 9.55 Å². The average Bonchev–Trinajstić information content (AvgIpc) is 3.13. The summed E-state index contributed by atoms with van der Waals surface area (Å²) >= 11 is 3.54. The molecule has 0 aliphatic carbocycles. The van der Waals surface area contributed by atoms with Crippen molar-refractivity contribution in [2.45, 2.75) is 26.3 Å². The number of hydrogen-bond acceptors (Lipinski definition) is 1. The van der Waals surface area contributed by atoms with Crippen molar-refractivity contribution in [1.29, 1.82) is 0 Å². The number of aromatic nitrogens is 2. The number of unbranched alkanes of at least 4 members (excludes halogenated alkanes) is 1. The van der Waals surface area contributed by atoms with Crippen molar-refractivity contribution in [2.24, 2.45) is 0 Å². The molecule has 0 amide bonds. The molecule has 0 radical (unpaired) electrons. The first-order valence-corrected chi connectivity index (χ1v) is 10.5. The SMILES string of the molecule is CCCCn1c(-c2ccc(Br)cc2)nc(-c2ccccc2)c1-c1ccccc1. The van der Waals surface area contributed by atoms with Gasteiger partial charge in [0.25, 0.3) is 0 Å². The molecular weight excluding hydrogens is 408 g/mol. The molecule has 0 saturated heterocycles. The number of hydrogen-bond donors (Lipinski definition) is 0. The number of imidazole rings is 1. The molecule has 4 aromatic rings. The van der Waals surface area contributed by atoms with Gasteiger partial charge in [0.05, 0.1) is 11.4 Å². The van der Waals surface area contributed by atoms with E-state index in [1.807, 2.05) is 0 Å². The van der Waals surface area contributed by atoms with E-state index < -0.39 is 0 Å². The quantitative estimate of drug-likeness (QED) is 0.310. The highest BCUT2D eigenvalue weighted by molar-refractivity contribution is 9.10. The van der Waals surface area contributed by atoms with Gasteiger partial charge in [-0.05, 0) is 18.6 Å². The second kappa shape index (κ2) is 8.57. The van der Waals surface area contributed by atoms with Crippen LogP contribution in [0.1, 0.15) is 19.8 Å². The van der Waals surface area contributed by atoms with Gasteiger partial charge in [-0.1, -0.05) is 102 Å². The summed E-state index contributed by atoms with van der Waals surface area (Å²) in [6.45, 7) is 3.18. The van der Waals surface area contributed by atoms with Gasteiger partial charge >= 0.3 is 0 Å². The Morgan fingerprint density at radius 2 is 1.36 bits per heavy atom. The standard InChI is InChI=1S/C25H23BrN2/c1-2-3-18-28-24(20-12-8-5-9-13-20)23(19-10-6-4-7-11-19)27-25(28)21-14-16-22(26)17-15-21/h4-17H,2-3,18H2,1H3. The fraction of sp³-hybridized carbons (Fsp3) is 0.160. The summed E-state index contributed by atoms with van der Waals surface area (Å²) in [5.41, 5.74) is 5.72. The lowest BCUT2D eigenvalue weighted by Gasteiger charge is -2.13. The smallest absolute Gasteiger partial charge is 0.141 e. The molecule has 0 unspecified atom stereocenters. The Morgan fingerprint density at radius 1 is 0.750 bits per heavy atom. The summed E-state index contributed by atoms with van der Waals surface area (Å²) in [5.74, 6) is 1.03. The molecule has 140 valence electrons. The zero-order valence-corrected chi connectivity index (χ0v) is 17.6. The summed E-state index contributed by atoms with van der Waals surface area (Å²) in [4.78, 5) is 5.16. The van der Waals surface area contributed by atoms with E-state index in [1.165, 1.54) is 11.3 Å². The summed E-state index contributed by atoms with van der Waals surface area (Å²) in [5, 5.41) is 0. The summed E-state index contributed by atoms with van der Waals surface area (Å²) in [7, 11) is 0. The van der Waals surface area contributed by atoms with Crippen LogP contribution >= 0.6 is 15.9 Å². The van der Waals surface area contributed by atoms with Gasteiger partial charge in [-0.25, -0.2) is 4.98 Å². The first kappa shape index (κ1) is 18.7. The highest BCUT2D eigenvalue weighted by atomic mass is 79.9. The lowest BCUT2D eigenvalue weighted by atomic mass is 10.0. The Morgan fingerprint density at radius 3 is 1.96 bits per heavy atom. The molecule has 1 heterocycles. The number of benzene rings is 3. The predicted octanol–water partition coefficient (Wildman–Crippen LogP) is 7.45. The highest BCUT2D eigenvalue weighted by Gasteiger charge is 2.20. The zero-order chi connectivity index (χ0) is 19.3. The van der Waals surface area contributed by atoms with E-state index in [-0.39, 0.29) is 0 Å². The number of rotatable bonds is 6. The predicted molar refractivity (Wildman–Crippen MR) is 121 cm³/mol. The van der Waals surface area contributed by atoms with Gasteiger partial charge in [0.15, 0.2) is 0 Å². The third kappa shape index (κ3) is 3.81. The number of nitrogens with zero attached hydrogens (tertiary/aromatic N) is 2. The molecule has 0 N–H and O–H groups in total. The van der Waals surface area contributed by atoms with Crippen molar-refractivity contribution < 1.29 is 0 Å². The van der Waals surface area contributed by atoms with Crippen molar-refractivity contribution >= 4 is 15.9 Å². The average molecular weight is 431 g/mol. The van der Waals surface area contributed by atoms with Gasteiger partial charge in [0.2, 0.25) is 0 Å². The maximum atomic E-state index is 5.16. The Balaban J connectivity index is 1.98. The molecule has 0 spiro atoms. The topological polar surface area (TPSA) is 17.8 Å². The van der Waals surface area contributed by atoms with Crippen LogP contribution < -0.4 is 0 Å². The fourth-order valence-electron chi connectivity index (χ4n) is 3.49. The van der Waals surface area contributed by atoms with Gasteiger partial charge in [-0.15, -0.1) is 0 Å². The summed E-state index contributed by atoms with van der Waals surface area (Å²) in [6, 6.07) is 29.5. The van der Waals surface area contributed by atoms with Crippen LogP contribution in [0, 0.1) is 0 Å². The van der Waals surface area contributed by atoms with E-state index in [1.54, 1.807) is 0 Å². The second-order valence-electron chi connectivity index (χ2n) is 6.88. The van der Waals surface area contributed by atoms with Gasteiger partial charge in [0, 0.05) is 27.7 Å². The highest BCUT2D eigenvalue weighted by Crippen LogP contribution is 2.36. The van der Waals surface area contributed by atoms with Gasteiger partial charge in [-0.2, -0.15) is 0 Å². The second-order valence-corrected chi connectivity index (χ2v) is 7.79. The molecule has 3 aromatic carbocycles. The van der Waals surface area contributed by atoms with E-state index >= 15 is 0 Å². The van der Waals surface area contributed by atoms with Crippen LogP contribution in [0.2, 0.25) is 0 Å². The minimum absolute atomic E-state index is 0.950. The van der Waals surface area contributed by atoms with E-state index in [4.69, 9.17) is 4.98 Å². The largest absolute Gasteiger partial charge is 0.323 e. The molecule has 2 nitrogen and oxygen atoms in total. The van der Waals surface area contributed by atoms with Crippen molar-refractivity contribution in [3.05, 3.63) is 89.4 Å². The maximum absolute atomic E-state index is 5.16. The molecule has 0 aliphatic heterocycles. The zero-order valence-electron chi connectivity index (χ0n) is 16.0. The van der Waals surface area contributed by atoms with Crippen molar-refractivity contribution in [2.75, 3.05) is 0 Å². The molecule has 3 heteroatoms. The van der Waals surface area contributed by atoms with Gasteiger partial charge in [0.1, 0.15) is 5.82 Å². The van der Waals surface area contributed by atoms with Crippen LogP contribution in [-0.2, 0) is 6.54 Å². The van der Waals surface area contributed by atoms with E-state index in [0.29, 0.717) is 0 Å². The van der Waals surface area contributed by atoms with Crippen LogP contribution in [0.15, 0.2) is 89.4 Å². The molecule has 0 saturated carbocycles. The first-order chi connectivity index (χ1) is 13.8. The first-order valence-electron chi connectivity index (χ1n) is 9.75. The van der Waals surface area contributed by atoms with Crippen LogP contribution in [0.3, 0.4) is 0 Å². The molecule has 1 aromatic heterocycles. The van der Waals surface area contributed by atoms with Crippen molar-refractivity contribution in [3.8, 4) is 33.9 Å². The lowest BCUT2D eigenvalue weighted by molar-refractivity contribution is 0.641. The van der Waals surface area contributed by atoms with E-state index in [0.717, 1.165) is 46.5 Å². The molecule has 0 aliphatic rings. The number of halogens is 1. The molecule has 0 atom stereocenters. The molecule has 28 heavy (non-hydrogen) atoms. The molecule has 0 bridgehead atoms. The summed E-state index contributed by atoms with van der Waals surface area (Å²) in [6.07, 6.45) is 2.26. The minimum Gasteiger partial charge on any atom is -0.323 e. The minimum atomic E-state index is 0.950. The van der Waals surface area contributed by atoms with Gasteiger partial charge in [-0.3, -0.25) is 0 Å². The summed E-state index contributed by atoms with van der Waals surface area (Å²) < 4.78 is 3.47. The molecule has 4 rings (SSSR count). The van der Waals surface area contributed by atoms with Crippen LogP contribution in [0.25, 0.3) is 33.9 Å². The monoisotopic (exact) mass is 430 g/mol. The van der Waals surface area contributed by atoms with E-state index in [2.05, 4.69) is 112 Å². The normalized spacial score (nSPS) is 10.9. The van der Waals surface area contributed by atoms with E-state index in [9.17, 15) is 0 Å². The third-order valence-electron chi connectivity index (χ3n) is 4.90. The Kier molecular flexibility index (Phi) is 5.73. The van der Waals surface area contributed by atoms with Crippen molar-refractivity contribution in [3.63, 3.8) is 0 Å². The van der Waals surface area contributed by atoms with Crippen LogP contribution in [0.5, 0.6) is 0 Å².